The molecule has 0 radical (unpaired) electrons. The normalized spacial score (nSPS) is 12.4. The number of alkyl carbamates (subject to hydrolysis) is 1. The molecule has 0 bridgehead atoms. The molecule has 5 nitrogen and oxygen atoms in total. The van der Waals surface area contributed by atoms with Crippen molar-refractivity contribution in [2.75, 3.05) is 20.8 Å². The van der Waals surface area contributed by atoms with Gasteiger partial charge >= 0.3 is 6.09 Å². The molecular weight excluding hydrogens is 186 g/mol. The van der Waals surface area contributed by atoms with E-state index < -0.39 is 12.1 Å². The first-order valence-electron chi connectivity index (χ1n) is 4.40. The standard InChI is InChI=1S/C9H17NO4/c1-6(2)8(11)7(5-13-3)10-9(12)14-4/h6-7H,5H2,1-4H3,(H,10,12)/t7-/m0/s1. The summed E-state index contributed by atoms with van der Waals surface area (Å²) in [5.74, 6) is -0.218. The maximum atomic E-state index is 11.5. The Balaban J connectivity index is 4.28. The predicted octanol–water partition coefficient (Wildman–Crippen LogP) is 0.583. The summed E-state index contributed by atoms with van der Waals surface area (Å²) in [7, 11) is 2.72. The quantitative estimate of drug-likeness (QED) is 0.710. The fraction of sp³-hybridized carbons (Fsp3) is 0.778. The van der Waals surface area contributed by atoms with Gasteiger partial charge in [0.05, 0.1) is 13.7 Å². The molecule has 0 saturated carbocycles. The van der Waals surface area contributed by atoms with Gasteiger partial charge in [0.1, 0.15) is 6.04 Å². The van der Waals surface area contributed by atoms with E-state index in [9.17, 15) is 9.59 Å². The van der Waals surface area contributed by atoms with Crippen LogP contribution in [0.2, 0.25) is 0 Å². The summed E-state index contributed by atoms with van der Waals surface area (Å²) in [4.78, 5) is 22.4. The average Bonchev–Trinajstić information content (AvgIpc) is 2.15. The molecule has 1 N–H and O–H groups in total. The van der Waals surface area contributed by atoms with Gasteiger partial charge in [0, 0.05) is 13.0 Å². The molecule has 0 unspecified atom stereocenters. The van der Waals surface area contributed by atoms with E-state index in [-0.39, 0.29) is 18.3 Å². The van der Waals surface area contributed by atoms with Crippen molar-refractivity contribution >= 4 is 11.9 Å². The summed E-state index contributed by atoms with van der Waals surface area (Å²) in [6.07, 6.45) is -0.624. The lowest BCUT2D eigenvalue weighted by molar-refractivity contribution is -0.125. The lowest BCUT2D eigenvalue weighted by Crippen LogP contribution is -2.45. The molecule has 0 saturated heterocycles. The van der Waals surface area contributed by atoms with Crippen LogP contribution in [0.15, 0.2) is 0 Å². The molecule has 0 spiro atoms. The van der Waals surface area contributed by atoms with Crippen molar-refractivity contribution < 1.29 is 19.1 Å². The minimum Gasteiger partial charge on any atom is -0.453 e. The first-order valence-corrected chi connectivity index (χ1v) is 4.40. The summed E-state index contributed by atoms with van der Waals surface area (Å²) in [5.41, 5.74) is 0. The van der Waals surface area contributed by atoms with Crippen LogP contribution in [0.25, 0.3) is 0 Å². The number of carbonyl (C=O) groups excluding carboxylic acids is 2. The summed E-state index contributed by atoms with van der Waals surface area (Å²) in [6.45, 7) is 3.69. The van der Waals surface area contributed by atoms with Crippen LogP contribution < -0.4 is 5.32 Å². The van der Waals surface area contributed by atoms with Crippen LogP contribution in [0, 0.1) is 5.92 Å². The Morgan fingerprint density at radius 1 is 1.29 bits per heavy atom. The van der Waals surface area contributed by atoms with Crippen LogP contribution in [0.3, 0.4) is 0 Å². The van der Waals surface area contributed by atoms with Gasteiger partial charge in [0.25, 0.3) is 0 Å². The van der Waals surface area contributed by atoms with E-state index in [0.717, 1.165) is 0 Å². The van der Waals surface area contributed by atoms with Gasteiger partial charge in [-0.15, -0.1) is 0 Å². The van der Waals surface area contributed by atoms with Gasteiger partial charge < -0.3 is 14.8 Å². The van der Waals surface area contributed by atoms with E-state index in [2.05, 4.69) is 10.1 Å². The number of rotatable bonds is 5. The molecule has 0 fully saturated rings. The first kappa shape index (κ1) is 12.9. The second-order valence-corrected chi connectivity index (χ2v) is 3.20. The number of hydrogen-bond donors (Lipinski definition) is 1. The third-order valence-electron chi connectivity index (χ3n) is 1.72. The molecule has 14 heavy (non-hydrogen) atoms. The van der Waals surface area contributed by atoms with Crippen molar-refractivity contribution in [1.82, 2.24) is 5.32 Å². The van der Waals surface area contributed by atoms with Crippen LogP contribution in [0.5, 0.6) is 0 Å². The van der Waals surface area contributed by atoms with Gasteiger partial charge in [0.15, 0.2) is 5.78 Å². The molecular formula is C9H17NO4. The molecule has 0 rings (SSSR count). The molecule has 0 aliphatic carbocycles. The number of hydrogen-bond acceptors (Lipinski definition) is 4. The fourth-order valence-corrected chi connectivity index (χ4v) is 0.965. The Hall–Kier alpha value is -1.10. The highest BCUT2D eigenvalue weighted by Crippen LogP contribution is 2.00. The lowest BCUT2D eigenvalue weighted by Gasteiger charge is -2.17. The van der Waals surface area contributed by atoms with Gasteiger partial charge in [-0.1, -0.05) is 13.8 Å². The summed E-state index contributed by atoms with van der Waals surface area (Å²) in [5, 5.41) is 2.41. The molecule has 0 heterocycles. The first-order chi connectivity index (χ1) is 6.52. The van der Waals surface area contributed by atoms with Crippen molar-refractivity contribution in [2.45, 2.75) is 19.9 Å². The molecule has 0 aliphatic rings. The summed E-state index contributed by atoms with van der Waals surface area (Å²) < 4.78 is 9.23. The van der Waals surface area contributed by atoms with E-state index in [0.29, 0.717) is 0 Å². The highest BCUT2D eigenvalue weighted by atomic mass is 16.5. The molecule has 0 aliphatic heterocycles. The van der Waals surface area contributed by atoms with Gasteiger partial charge in [-0.25, -0.2) is 4.79 Å². The number of ketones is 1. The Morgan fingerprint density at radius 3 is 2.21 bits per heavy atom. The van der Waals surface area contributed by atoms with Crippen LogP contribution >= 0.6 is 0 Å². The second-order valence-electron chi connectivity index (χ2n) is 3.20. The van der Waals surface area contributed by atoms with E-state index in [1.807, 2.05) is 0 Å². The number of ether oxygens (including phenoxy) is 2. The molecule has 0 aromatic rings. The maximum absolute atomic E-state index is 11.5. The van der Waals surface area contributed by atoms with E-state index >= 15 is 0 Å². The molecule has 82 valence electrons. The van der Waals surface area contributed by atoms with Crippen molar-refractivity contribution in [3.8, 4) is 0 Å². The number of nitrogens with one attached hydrogen (secondary N) is 1. The highest BCUT2D eigenvalue weighted by Gasteiger charge is 2.22. The Labute approximate surface area is 83.8 Å². The van der Waals surface area contributed by atoms with Crippen molar-refractivity contribution in [3.05, 3.63) is 0 Å². The molecule has 1 atom stereocenters. The minimum atomic E-state index is -0.632. The zero-order chi connectivity index (χ0) is 11.1. The zero-order valence-electron chi connectivity index (χ0n) is 8.99. The van der Waals surface area contributed by atoms with Crippen molar-refractivity contribution in [1.29, 1.82) is 0 Å². The second kappa shape index (κ2) is 6.37. The van der Waals surface area contributed by atoms with E-state index in [1.54, 1.807) is 13.8 Å². The Bertz CT molecular complexity index is 203. The van der Waals surface area contributed by atoms with Gasteiger partial charge in [-0.05, 0) is 0 Å². The number of Topliss-reactive ketones (excluding diaryl/α,β-unsaturated/α-hetero) is 1. The monoisotopic (exact) mass is 203 g/mol. The van der Waals surface area contributed by atoms with Gasteiger partial charge in [-0.3, -0.25) is 4.79 Å². The number of amides is 1. The SMILES string of the molecule is COC[C@H](NC(=O)OC)C(=O)C(C)C. The largest absolute Gasteiger partial charge is 0.453 e. The molecule has 1 amide bonds. The summed E-state index contributed by atoms with van der Waals surface area (Å²) in [6, 6.07) is -0.632. The Morgan fingerprint density at radius 2 is 1.86 bits per heavy atom. The maximum Gasteiger partial charge on any atom is 0.407 e. The predicted molar refractivity (Wildman–Crippen MR) is 51.0 cm³/mol. The minimum absolute atomic E-state index is 0.0720. The van der Waals surface area contributed by atoms with Crippen LogP contribution in [0.1, 0.15) is 13.8 Å². The summed E-state index contributed by atoms with van der Waals surface area (Å²) >= 11 is 0. The molecule has 5 heteroatoms. The Kier molecular flexibility index (Phi) is 5.87. The van der Waals surface area contributed by atoms with Crippen molar-refractivity contribution in [3.63, 3.8) is 0 Å². The fourth-order valence-electron chi connectivity index (χ4n) is 0.965. The van der Waals surface area contributed by atoms with Crippen LogP contribution in [-0.4, -0.2) is 38.7 Å². The van der Waals surface area contributed by atoms with Crippen LogP contribution in [0.4, 0.5) is 4.79 Å². The highest BCUT2D eigenvalue weighted by molar-refractivity contribution is 5.88. The topological polar surface area (TPSA) is 64.6 Å². The number of carbonyl (C=O) groups is 2. The van der Waals surface area contributed by atoms with Gasteiger partial charge in [0.2, 0.25) is 0 Å². The number of methoxy groups -OCH3 is 2. The molecule has 0 aromatic carbocycles. The lowest BCUT2D eigenvalue weighted by atomic mass is 10.0. The smallest absolute Gasteiger partial charge is 0.407 e. The molecule has 0 aromatic heterocycles. The third-order valence-corrected chi connectivity index (χ3v) is 1.72. The zero-order valence-corrected chi connectivity index (χ0v) is 8.99. The van der Waals surface area contributed by atoms with E-state index in [1.165, 1.54) is 14.2 Å². The van der Waals surface area contributed by atoms with Gasteiger partial charge in [-0.2, -0.15) is 0 Å². The average molecular weight is 203 g/mol. The van der Waals surface area contributed by atoms with Crippen LogP contribution in [-0.2, 0) is 14.3 Å². The van der Waals surface area contributed by atoms with Crippen molar-refractivity contribution in [2.24, 2.45) is 5.92 Å². The van der Waals surface area contributed by atoms with E-state index in [4.69, 9.17) is 4.74 Å². The third kappa shape index (κ3) is 4.23.